The topological polar surface area (TPSA) is 71.8 Å². The number of ether oxygens (including phenoxy) is 1. The van der Waals surface area contributed by atoms with Crippen molar-refractivity contribution in [2.75, 3.05) is 31.6 Å². The van der Waals surface area contributed by atoms with Gasteiger partial charge in [-0.05, 0) is 56.4 Å². The summed E-state index contributed by atoms with van der Waals surface area (Å²) in [5, 5.41) is 0.263. The van der Waals surface area contributed by atoms with Crippen molar-refractivity contribution >= 4 is 28.4 Å². The van der Waals surface area contributed by atoms with Gasteiger partial charge in [0.2, 0.25) is 0 Å². The Labute approximate surface area is 217 Å². The molecule has 2 fully saturated rings. The summed E-state index contributed by atoms with van der Waals surface area (Å²) in [5.41, 5.74) is 1.95. The van der Waals surface area contributed by atoms with Crippen LogP contribution in [0.15, 0.2) is 52.7 Å². The molecule has 7 nitrogen and oxygen atoms in total. The van der Waals surface area contributed by atoms with Crippen molar-refractivity contribution in [3.05, 3.63) is 80.7 Å². The lowest BCUT2D eigenvalue weighted by atomic mass is 10.0. The largest absolute Gasteiger partial charge is 0.492 e. The molecular formula is C29H27F2N3O4. The van der Waals surface area contributed by atoms with Crippen molar-refractivity contribution in [1.82, 2.24) is 9.47 Å². The first kappa shape index (κ1) is 24.3. The number of pyridine rings is 1. The monoisotopic (exact) mass is 519 g/mol. The number of rotatable bonds is 5. The van der Waals surface area contributed by atoms with Gasteiger partial charge in [0.15, 0.2) is 17.0 Å². The summed E-state index contributed by atoms with van der Waals surface area (Å²) in [6, 6.07) is 7.92. The van der Waals surface area contributed by atoms with Crippen molar-refractivity contribution in [2.24, 2.45) is 0 Å². The molecule has 2 amide bonds. The summed E-state index contributed by atoms with van der Waals surface area (Å²) in [4.78, 5) is 41.0. The molecule has 1 saturated heterocycles. The third kappa shape index (κ3) is 3.79. The van der Waals surface area contributed by atoms with E-state index >= 15 is 8.78 Å². The van der Waals surface area contributed by atoms with Gasteiger partial charge in [-0.1, -0.05) is 12.1 Å². The Morgan fingerprint density at radius 1 is 1.11 bits per heavy atom. The van der Waals surface area contributed by atoms with E-state index in [0.29, 0.717) is 36.0 Å². The second kappa shape index (κ2) is 9.08. The highest BCUT2D eigenvalue weighted by molar-refractivity contribution is 6.21. The number of hydrogen-bond donors (Lipinski definition) is 0. The van der Waals surface area contributed by atoms with Crippen molar-refractivity contribution in [2.45, 2.75) is 38.6 Å². The van der Waals surface area contributed by atoms with Crippen LogP contribution in [0.1, 0.15) is 58.0 Å². The van der Waals surface area contributed by atoms with Crippen molar-refractivity contribution in [3.63, 3.8) is 0 Å². The van der Waals surface area contributed by atoms with Gasteiger partial charge in [-0.25, -0.2) is 8.78 Å². The fourth-order valence-electron chi connectivity index (χ4n) is 5.63. The van der Waals surface area contributed by atoms with Crippen LogP contribution in [-0.2, 0) is 0 Å². The predicted octanol–water partition coefficient (Wildman–Crippen LogP) is 4.91. The highest BCUT2D eigenvalue weighted by Gasteiger charge is 2.37. The molecule has 3 aromatic rings. The van der Waals surface area contributed by atoms with E-state index in [0.717, 1.165) is 17.7 Å². The van der Waals surface area contributed by atoms with Gasteiger partial charge in [0.25, 0.3) is 11.8 Å². The molecule has 1 aromatic heterocycles. The molecule has 196 valence electrons. The van der Waals surface area contributed by atoms with Crippen LogP contribution in [0.4, 0.5) is 14.5 Å². The fraction of sp³-hybridized carbons (Fsp3) is 0.345. The minimum atomic E-state index is -0.610. The number of methoxy groups -OCH3 is 1. The molecule has 1 aliphatic carbocycles. The summed E-state index contributed by atoms with van der Waals surface area (Å²) in [6.45, 7) is 1.79. The molecule has 1 saturated carbocycles. The number of aryl methyl sites for hydroxylation is 1. The van der Waals surface area contributed by atoms with E-state index < -0.39 is 30.0 Å². The lowest BCUT2D eigenvalue weighted by molar-refractivity contribution is 0.0659. The third-order valence-electron chi connectivity index (χ3n) is 7.68. The predicted molar refractivity (Wildman–Crippen MR) is 139 cm³/mol. The molecule has 6 rings (SSSR count). The van der Waals surface area contributed by atoms with Crippen molar-refractivity contribution in [1.29, 1.82) is 0 Å². The van der Waals surface area contributed by atoms with Gasteiger partial charge in [0, 0.05) is 30.9 Å². The number of fused-ring (bicyclic) bond motifs is 2. The number of nitrogens with zero attached hydrogens (tertiary/aromatic N) is 3. The van der Waals surface area contributed by atoms with E-state index in [9.17, 15) is 14.4 Å². The average molecular weight is 520 g/mol. The second-order valence-corrected chi connectivity index (χ2v) is 10.2. The summed E-state index contributed by atoms with van der Waals surface area (Å²) in [6.07, 6.45) is 4.71. The lowest BCUT2D eigenvalue weighted by Gasteiger charge is -2.33. The Bertz CT molecular complexity index is 1570. The molecule has 0 atom stereocenters. The van der Waals surface area contributed by atoms with Crippen LogP contribution in [0.5, 0.6) is 5.75 Å². The van der Waals surface area contributed by atoms with Crippen LogP contribution >= 0.6 is 0 Å². The Kier molecular flexibility index (Phi) is 5.81. The number of halogens is 2. The first-order chi connectivity index (χ1) is 18.3. The number of hydrogen-bond acceptors (Lipinski definition) is 5. The highest BCUT2D eigenvalue weighted by atomic mass is 19.1. The van der Waals surface area contributed by atoms with Crippen LogP contribution in [0.3, 0.4) is 0 Å². The van der Waals surface area contributed by atoms with Gasteiger partial charge in [0.1, 0.15) is 11.5 Å². The number of anilines is 1. The number of piperidine rings is 1. The first-order valence-corrected chi connectivity index (χ1v) is 12.8. The van der Waals surface area contributed by atoms with Crippen molar-refractivity contribution < 1.29 is 23.1 Å². The molecule has 0 N–H and O–H groups in total. The zero-order valence-corrected chi connectivity index (χ0v) is 21.2. The minimum absolute atomic E-state index is 0.0767. The Morgan fingerprint density at radius 2 is 1.79 bits per heavy atom. The Balaban J connectivity index is 1.36. The summed E-state index contributed by atoms with van der Waals surface area (Å²) in [7, 11) is 1.45. The molecular weight excluding hydrogens is 492 g/mol. The zero-order chi connectivity index (χ0) is 26.7. The average Bonchev–Trinajstić information content (AvgIpc) is 3.74. The quantitative estimate of drug-likeness (QED) is 0.448. The molecule has 0 spiro atoms. The van der Waals surface area contributed by atoms with Crippen LogP contribution in [-0.4, -0.2) is 48.0 Å². The molecule has 0 bridgehead atoms. The van der Waals surface area contributed by atoms with E-state index in [1.54, 1.807) is 42.3 Å². The van der Waals surface area contributed by atoms with E-state index in [2.05, 4.69) is 0 Å². The van der Waals surface area contributed by atoms with Gasteiger partial charge in [-0.3, -0.25) is 19.3 Å². The fourth-order valence-corrected chi connectivity index (χ4v) is 5.63. The molecule has 38 heavy (non-hydrogen) atoms. The number of amides is 2. The molecule has 3 aliphatic rings. The molecule has 0 radical (unpaired) electrons. The standard InChI is InChI=1S/C29H27F2N3O4/c1-16-13-33(18-9-10-18)24-21(26(16)35)12-22(30)25(27(24)38-2)32-11-5-6-17(14-32)23(31)15-34-28(36)19-7-3-4-8-20(19)29(34)37/h3-4,7-8,12-13,18H,5-6,9-11,14-15H2,1-2H3/b23-17+. The van der Waals surface area contributed by atoms with Crippen molar-refractivity contribution in [3.8, 4) is 5.75 Å². The second-order valence-electron chi connectivity index (χ2n) is 10.2. The number of carbonyl (C=O) groups excluding carboxylic acids is 2. The molecule has 2 aliphatic heterocycles. The van der Waals surface area contributed by atoms with E-state index in [-0.39, 0.29) is 46.0 Å². The van der Waals surface area contributed by atoms with E-state index in [4.69, 9.17) is 4.74 Å². The van der Waals surface area contributed by atoms with Crippen LogP contribution in [0, 0.1) is 12.7 Å². The normalized spacial score (nSPS) is 18.8. The number of carbonyl (C=O) groups is 2. The van der Waals surface area contributed by atoms with Crippen LogP contribution in [0.2, 0.25) is 0 Å². The zero-order valence-electron chi connectivity index (χ0n) is 21.2. The Hall–Kier alpha value is -4.01. The van der Waals surface area contributed by atoms with E-state index in [1.165, 1.54) is 13.2 Å². The number of imide groups is 1. The van der Waals surface area contributed by atoms with Crippen LogP contribution in [0.25, 0.3) is 10.9 Å². The summed E-state index contributed by atoms with van der Waals surface area (Å²) < 4.78 is 38.9. The van der Waals surface area contributed by atoms with E-state index in [1.807, 2.05) is 4.57 Å². The van der Waals surface area contributed by atoms with Gasteiger partial charge >= 0.3 is 0 Å². The molecule has 0 unspecified atom stereocenters. The lowest BCUT2D eigenvalue weighted by Crippen LogP contribution is -2.35. The maximum Gasteiger partial charge on any atom is 0.261 e. The maximum absolute atomic E-state index is 15.6. The summed E-state index contributed by atoms with van der Waals surface area (Å²) >= 11 is 0. The van der Waals surface area contributed by atoms with Gasteiger partial charge in [-0.2, -0.15) is 0 Å². The molecule has 2 aromatic carbocycles. The maximum atomic E-state index is 15.6. The molecule has 9 heteroatoms. The van der Waals surface area contributed by atoms with Crippen LogP contribution < -0.4 is 15.1 Å². The van der Waals surface area contributed by atoms with Gasteiger partial charge in [-0.15, -0.1) is 0 Å². The minimum Gasteiger partial charge on any atom is -0.492 e. The molecule has 3 heterocycles. The first-order valence-electron chi connectivity index (χ1n) is 12.8. The third-order valence-corrected chi connectivity index (χ3v) is 7.68. The Morgan fingerprint density at radius 3 is 2.42 bits per heavy atom. The van der Waals surface area contributed by atoms with Gasteiger partial charge < -0.3 is 14.2 Å². The number of aromatic nitrogens is 1. The highest BCUT2D eigenvalue weighted by Crippen LogP contribution is 2.44. The number of benzene rings is 2. The SMILES string of the molecule is COc1c(N2CCC/C(=C(\F)CN3C(=O)c4ccccc4C3=O)C2)c(F)cc2c(=O)c(C)cn(C3CC3)c12. The smallest absolute Gasteiger partial charge is 0.261 e. The summed E-state index contributed by atoms with van der Waals surface area (Å²) in [5.74, 6) is -1.98. The van der Waals surface area contributed by atoms with Gasteiger partial charge in [0.05, 0.1) is 35.7 Å².